The molecular weight excluding hydrogens is 366 g/mol. The van der Waals surface area contributed by atoms with Gasteiger partial charge in [0.1, 0.15) is 0 Å². The average Bonchev–Trinajstić information content (AvgIpc) is 2.65. The number of carbonyl (C=O) groups excluding carboxylic acids is 1. The number of carbonyl (C=O) groups is 1. The third-order valence-corrected chi connectivity index (χ3v) is 6.22. The molecule has 1 saturated heterocycles. The highest BCUT2D eigenvalue weighted by Gasteiger charge is 2.29. The highest BCUT2D eigenvalue weighted by atomic mass is 79.9. The van der Waals surface area contributed by atoms with Crippen molar-refractivity contribution >= 4 is 49.0 Å². The third-order valence-electron chi connectivity index (χ3n) is 3.32. The van der Waals surface area contributed by atoms with Gasteiger partial charge in [0.2, 0.25) is 5.91 Å². The maximum atomic E-state index is 12.0. The maximum absolute atomic E-state index is 12.0. The molecule has 1 N–H and O–H groups in total. The van der Waals surface area contributed by atoms with Crippen LogP contribution in [0.25, 0.3) is 0 Å². The lowest BCUT2D eigenvalue weighted by Crippen LogP contribution is -2.17. The van der Waals surface area contributed by atoms with Crippen molar-refractivity contribution in [1.29, 1.82) is 0 Å². The summed E-state index contributed by atoms with van der Waals surface area (Å²) in [5.41, 5.74) is 1.52. The zero-order valence-electron chi connectivity index (χ0n) is 10.9. The van der Waals surface area contributed by atoms with E-state index in [-0.39, 0.29) is 29.8 Å². The van der Waals surface area contributed by atoms with E-state index in [1.54, 1.807) is 6.07 Å². The first-order valence-electron chi connectivity index (χ1n) is 6.23. The quantitative estimate of drug-likeness (QED) is 0.876. The summed E-state index contributed by atoms with van der Waals surface area (Å²) in [6.07, 6.45) is 0.780. The molecule has 1 aliphatic heterocycles. The molecule has 7 heteroatoms. The number of aryl methyl sites for hydroxylation is 1. The van der Waals surface area contributed by atoms with E-state index in [2.05, 4.69) is 21.2 Å². The summed E-state index contributed by atoms with van der Waals surface area (Å²) >= 11 is 9.40. The minimum Gasteiger partial charge on any atom is -0.325 e. The van der Waals surface area contributed by atoms with E-state index in [4.69, 9.17) is 11.6 Å². The van der Waals surface area contributed by atoms with Gasteiger partial charge in [0.15, 0.2) is 9.84 Å². The van der Waals surface area contributed by atoms with Gasteiger partial charge in [-0.3, -0.25) is 4.79 Å². The molecule has 1 amide bonds. The second kappa shape index (κ2) is 6.03. The maximum Gasteiger partial charge on any atom is 0.224 e. The second-order valence-corrected chi connectivity index (χ2v) is 8.59. The first kappa shape index (κ1) is 15.8. The van der Waals surface area contributed by atoms with Crippen molar-refractivity contribution in [3.8, 4) is 0 Å². The Bertz CT molecular complexity index is 645. The summed E-state index contributed by atoms with van der Waals surface area (Å²) in [6.45, 7) is 1.88. The SMILES string of the molecule is Cc1cc(Br)c(NC(=O)CC2CCS(=O)(=O)C2)cc1Cl. The van der Waals surface area contributed by atoms with Crippen LogP contribution in [-0.2, 0) is 14.6 Å². The molecule has 110 valence electrons. The lowest BCUT2D eigenvalue weighted by atomic mass is 10.0. The fourth-order valence-electron chi connectivity index (χ4n) is 2.24. The molecule has 0 aromatic heterocycles. The molecule has 0 spiro atoms. The zero-order chi connectivity index (χ0) is 14.9. The Kier molecular flexibility index (Phi) is 4.76. The van der Waals surface area contributed by atoms with Gasteiger partial charge in [0, 0.05) is 15.9 Å². The van der Waals surface area contributed by atoms with Crippen LogP contribution in [0.3, 0.4) is 0 Å². The van der Waals surface area contributed by atoms with Gasteiger partial charge in [-0.05, 0) is 52.9 Å². The molecular formula is C13H15BrClNO3S. The van der Waals surface area contributed by atoms with Crippen LogP contribution in [0.15, 0.2) is 16.6 Å². The lowest BCUT2D eigenvalue weighted by molar-refractivity contribution is -0.116. The smallest absolute Gasteiger partial charge is 0.224 e. The number of rotatable bonds is 3. The van der Waals surface area contributed by atoms with Crippen molar-refractivity contribution in [2.45, 2.75) is 19.8 Å². The summed E-state index contributed by atoms with van der Waals surface area (Å²) in [4.78, 5) is 12.0. The van der Waals surface area contributed by atoms with Gasteiger partial charge in [-0.25, -0.2) is 8.42 Å². The van der Waals surface area contributed by atoms with Gasteiger partial charge in [-0.1, -0.05) is 11.6 Å². The number of hydrogen-bond acceptors (Lipinski definition) is 3. The van der Waals surface area contributed by atoms with Gasteiger partial charge >= 0.3 is 0 Å². The van der Waals surface area contributed by atoms with E-state index in [1.807, 2.05) is 13.0 Å². The first-order chi connectivity index (χ1) is 9.27. The molecule has 1 aromatic rings. The molecule has 1 aromatic carbocycles. The fourth-order valence-corrected chi connectivity index (χ4v) is 4.82. The molecule has 2 rings (SSSR count). The summed E-state index contributed by atoms with van der Waals surface area (Å²) in [5.74, 6) is 0.0220. The van der Waals surface area contributed by atoms with Crippen LogP contribution < -0.4 is 5.32 Å². The Balaban J connectivity index is 2.00. The Morgan fingerprint density at radius 3 is 2.80 bits per heavy atom. The monoisotopic (exact) mass is 379 g/mol. The molecule has 4 nitrogen and oxygen atoms in total. The van der Waals surface area contributed by atoms with Gasteiger partial charge in [-0.2, -0.15) is 0 Å². The standard InChI is InChI=1S/C13H15BrClNO3S/c1-8-4-10(14)12(6-11(8)15)16-13(17)5-9-2-3-20(18,19)7-9/h4,6,9H,2-3,5,7H2,1H3,(H,16,17). The van der Waals surface area contributed by atoms with Crippen molar-refractivity contribution in [2.24, 2.45) is 5.92 Å². The van der Waals surface area contributed by atoms with E-state index in [9.17, 15) is 13.2 Å². The van der Waals surface area contributed by atoms with Crippen LogP contribution in [-0.4, -0.2) is 25.8 Å². The van der Waals surface area contributed by atoms with Crippen molar-refractivity contribution in [2.75, 3.05) is 16.8 Å². The number of benzene rings is 1. The molecule has 0 aliphatic carbocycles. The normalized spacial score (nSPS) is 20.9. The molecule has 1 unspecified atom stereocenters. The number of anilines is 1. The first-order valence-corrected chi connectivity index (χ1v) is 9.22. The van der Waals surface area contributed by atoms with Crippen LogP contribution in [0.4, 0.5) is 5.69 Å². The summed E-state index contributed by atoms with van der Waals surface area (Å²) in [6, 6.07) is 3.52. The largest absolute Gasteiger partial charge is 0.325 e. The van der Waals surface area contributed by atoms with Crippen LogP contribution in [0.2, 0.25) is 5.02 Å². The predicted molar refractivity (Wildman–Crippen MR) is 83.9 cm³/mol. The van der Waals surface area contributed by atoms with Crippen molar-refractivity contribution in [3.05, 3.63) is 27.2 Å². The van der Waals surface area contributed by atoms with Gasteiger partial charge in [-0.15, -0.1) is 0 Å². The zero-order valence-corrected chi connectivity index (χ0v) is 14.1. The Hall–Kier alpha value is -0.590. The Morgan fingerprint density at radius 2 is 2.20 bits per heavy atom. The molecule has 0 radical (unpaired) electrons. The van der Waals surface area contributed by atoms with E-state index < -0.39 is 9.84 Å². The second-order valence-electron chi connectivity index (χ2n) is 5.10. The van der Waals surface area contributed by atoms with Crippen molar-refractivity contribution in [1.82, 2.24) is 0 Å². The predicted octanol–water partition coefficient (Wildman–Crippen LogP) is 3.17. The van der Waals surface area contributed by atoms with E-state index >= 15 is 0 Å². The molecule has 1 fully saturated rings. The van der Waals surface area contributed by atoms with Crippen LogP contribution >= 0.6 is 27.5 Å². The Labute approximate surface area is 131 Å². The van der Waals surface area contributed by atoms with Crippen LogP contribution in [0, 0.1) is 12.8 Å². The molecule has 20 heavy (non-hydrogen) atoms. The topological polar surface area (TPSA) is 63.2 Å². The van der Waals surface area contributed by atoms with E-state index in [1.165, 1.54) is 0 Å². The fraction of sp³-hybridized carbons (Fsp3) is 0.462. The number of nitrogens with one attached hydrogen (secondary N) is 1. The van der Waals surface area contributed by atoms with Crippen LogP contribution in [0.1, 0.15) is 18.4 Å². The highest BCUT2D eigenvalue weighted by molar-refractivity contribution is 9.10. The van der Waals surface area contributed by atoms with Crippen molar-refractivity contribution < 1.29 is 13.2 Å². The Morgan fingerprint density at radius 1 is 1.50 bits per heavy atom. The van der Waals surface area contributed by atoms with Gasteiger partial charge in [0.25, 0.3) is 0 Å². The highest BCUT2D eigenvalue weighted by Crippen LogP contribution is 2.30. The van der Waals surface area contributed by atoms with Crippen molar-refractivity contribution in [3.63, 3.8) is 0 Å². The van der Waals surface area contributed by atoms with E-state index in [0.717, 1.165) is 10.0 Å². The minimum atomic E-state index is -2.94. The molecule has 1 aliphatic rings. The molecule has 0 saturated carbocycles. The molecule has 1 heterocycles. The number of hydrogen-bond donors (Lipinski definition) is 1. The molecule has 0 bridgehead atoms. The number of sulfone groups is 1. The minimum absolute atomic E-state index is 0.0836. The third kappa shape index (κ3) is 3.96. The summed E-state index contributed by atoms with van der Waals surface area (Å²) in [5, 5.41) is 3.34. The number of halogens is 2. The van der Waals surface area contributed by atoms with E-state index in [0.29, 0.717) is 17.1 Å². The van der Waals surface area contributed by atoms with Crippen LogP contribution in [0.5, 0.6) is 0 Å². The lowest BCUT2D eigenvalue weighted by Gasteiger charge is -2.11. The van der Waals surface area contributed by atoms with Gasteiger partial charge in [0.05, 0.1) is 17.2 Å². The average molecular weight is 381 g/mol. The summed E-state index contributed by atoms with van der Waals surface area (Å²) < 4.78 is 23.5. The summed E-state index contributed by atoms with van der Waals surface area (Å²) in [7, 11) is -2.94. The molecule has 1 atom stereocenters. The van der Waals surface area contributed by atoms with Gasteiger partial charge < -0.3 is 5.32 Å². The number of amides is 1.